The molecule has 2 aromatic heterocycles. The third kappa shape index (κ3) is 0.955. The predicted molar refractivity (Wildman–Crippen MR) is 41.8 cm³/mol. The van der Waals surface area contributed by atoms with Gasteiger partial charge in [0.2, 0.25) is 0 Å². The van der Waals surface area contributed by atoms with Crippen LogP contribution in [0, 0.1) is 0 Å². The Bertz CT molecular complexity index is 370. The lowest BCUT2D eigenvalue weighted by molar-refractivity contribution is 0.112. The molecule has 0 aliphatic heterocycles. The van der Waals surface area contributed by atoms with Gasteiger partial charge in [-0.05, 0) is 12.1 Å². The quantitative estimate of drug-likeness (QED) is 0.636. The molecule has 2 heterocycles. The van der Waals surface area contributed by atoms with Crippen molar-refractivity contribution >= 4 is 6.29 Å². The van der Waals surface area contributed by atoms with Gasteiger partial charge in [-0.15, -0.1) is 0 Å². The minimum atomic E-state index is 0.505. The summed E-state index contributed by atoms with van der Waals surface area (Å²) >= 11 is 0. The zero-order chi connectivity index (χ0) is 8.39. The Morgan fingerprint density at radius 1 is 1.33 bits per heavy atom. The summed E-state index contributed by atoms with van der Waals surface area (Å²) in [5.41, 5.74) is 1.19. The normalized spacial score (nSPS) is 10.0. The largest absolute Gasteiger partial charge is 0.471 e. The van der Waals surface area contributed by atoms with Gasteiger partial charge in [-0.3, -0.25) is 4.79 Å². The average Bonchev–Trinajstić information content (AvgIpc) is 2.74. The standard InChI is InChI=1S/C9H6O3/c10-4-7-5-11-6-8(7)9-2-1-3-12-9/h1-6H. The van der Waals surface area contributed by atoms with Crippen LogP contribution in [0.2, 0.25) is 0 Å². The smallest absolute Gasteiger partial charge is 0.154 e. The molecule has 0 aromatic carbocycles. The molecule has 0 fully saturated rings. The number of hydrogen-bond donors (Lipinski definition) is 0. The van der Waals surface area contributed by atoms with E-state index in [1.54, 1.807) is 18.4 Å². The lowest BCUT2D eigenvalue weighted by Crippen LogP contribution is -1.77. The summed E-state index contributed by atoms with van der Waals surface area (Å²) < 4.78 is 9.97. The molecule has 0 aliphatic rings. The van der Waals surface area contributed by atoms with Crippen LogP contribution in [0.5, 0.6) is 0 Å². The topological polar surface area (TPSA) is 43.4 Å². The molecule has 0 radical (unpaired) electrons. The van der Waals surface area contributed by atoms with E-state index in [1.165, 1.54) is 12.5 Å². The second-order valence-electron chi connectivity index (χ2n) is 2.34. The van der Waals surface area contributed by atoms with Crippen LogP contribution < -0.4 is 0 Å². The van der Waals surface area contributed by atoms with Crippen LogP contribution in [0.25, 0.3) is 11.3 Å². The van der Waals surface area contributed by atoms with Crippen LogP contribution in [0.1, 0.15) is 10.4 Å². The van der Waals surface area contributed by atoms with Gasteiger partial charge in [-0.2, -0.15) is 0 Å². The number of carbonyl (C=O) groups excluding carboxylic acids is 1. The third-order valence-corrected chi connectivity index (χ3v) is 1.61. The summed E-state index contributed by atoms with van der Waals surface area (Å²) in [6.45, 7) is 0. The van der Waals surface area contributed by atoms with E-state index in [0.717, 1.165) is 6.29 Å². The monoisotopic (exact) mass is 162 g/mol. The highest BCUT2D eigenvalue weighted by Crippen LogP contribution is 2.23. The van der Waals surface area contributed by atoms with Gasteiger partial charge in [-0.25, -0.2) is 0 Å². The number of hydrogen-bond acceptors (Lipinski definition) is 3. The molecule has 60 valence electrons. The minimum absolute atomic E-state index is 0.505. The average molecular weight is 162 g/mol. The lowest BCUT2D eigenvalue weighted by Gasteiger charge is -1.88. The van der Waals surface area contributed by atoms with Gasteiger partial charge in [0.15, 0.2) is 6.29 Å². The Morgan fingerprint density at radius 2 is 2.25 bits per heavy atom. The molecule has 0 N–H and O–H groups in total. The van der Waals surface area contributed by atoms with Crippen molar-refractivity contribution in [2.75, 3.05) is 0 Å². The van der Waals surface area contributed by atoms with Crippen LogP contribution in [-0.2, 0) is 0 Å². The molecule has 0 saturated heterocycles. The molecule has 12 heavy (non-hydrogen) atoms. The van der Waals surface area contributed by atoms with Crippen LogP contribution in [0.15, 0.2) is 39.8 Å². The maximum absolute atomic E-state index is 10.5. The van der Waals surface area contributed by atoms with Gasteiger partial charge >= 0.3 is 0 Å². The summed E-state index contributed by atoms with van der Waals surface area (Å²) in [5.74, 6) is 0.644. The molecule has 3 nitrogen and oxygen atoms in total. The molecule has 0 amide bonds. The van der Waals surface area contributed by atoms with Gasteiger partial charge in [0.25, 0.3) is 0 Å². The molecule has 0 spiro atoms. The third-order valence-electron chi connectivity index (χ3n) is 1.61. The molecule has 0 aliphatic carbocycles. The van der Waals surface area contributed by atoms with Crippen molar-refractivity contribution in [1.82, 2.24) is 0 Å². The van der Waals surface area contributed by atoms with E-state index in [1.807, 2.05) is 0 Å². The number of furan rings is 2. The number of rotatable bonds is 2. The molecule has 0 atom stereocenters. The molecular formula is C9H6O3. The fourth-order valence-electron chi connectivity index (χ4n) is 1.03. The van der Waals surface area contributed by atoms with E-state index in [-0.39, 0.29) is 0 Å². The summed E-state index contributed by atoms with van der Waals surface area (Å²) in [4.78, 5) is 10.5. The van der Waals surface area contributed by atoms with Crippen molar-refractivity contribution in [3.63, 3.8) is 0 Å². The first-order valence-corrected chi connectivity index (χ1v) is 3.47. The Labute approximate surface area is 68.6 Å². The summed E-state index contributed by atoms with van der Waals surface area (Å²) in [7, 11) is 0. The van der Waals surface area contributed by atoms with Crippen molar-refractivity contribution in [1.29, 1.82) is 0 Å². The number of carbonyl (C=O) groups is 1. The molecule has 0 saturated carbocycles. The van der Waals surface area contributed by atoms with Gasteiger partial charge in [0, 0.05) is 0 Å². The van der Waals surface area contributed by atoms with Gasteiger partial charge < -0.3 is 8.83 Å². The lowest BCUT2D eigenvalue weighted by atomic mass is 10.2. The zero-order valence-electron chi connectivity index (χ0n) is 6.19. The van der Waals surface area contributed by atoms with E-state index in [2.05, 4.69) is 0 Å². The Hall–Kier alpha value is -1.77. The molecule has 0 unspecified atom stereocenters. The highest BCUT2D eigenvalue weighted by atomic mass is 16.3. The Balaban J connectivity index is 2.53. The fourth-order valence-corrected chi connectivity index (χ4v) is 1.03. The van der Waals surface area contributed by atoms with Gasteiger partial charge in [0.05, 0.1) is 17.4 Å². The van der Waals surface area contributed by atoms with Crippen molar-refractivity contribution in [3.8, 4) is 11.3 Å². The van der Waals surface area contributed by atoms with Crippen molar-refractivity contribution in [2.24, 2.45) is 0 Å². The zero-order valence-corrected chi connectivity index (χ0v) is 6.19. The molecule has 2 aromatic rings. The first kappa shape index (κ1) is 6.91. The second-order valence-corrected chi connectivity index (χ2v) is 2.34. The van der Waals surface area contributed by atoms with Crippen molar-refractivity contribution in [2.45, 2.75) is 0 Å². The van der Waals surface area contributed by atoms with E-state index in [0.29, 0.717) is 16.9 Å². The van der Waals surface area contributed by atoms with Gasteiger partial charge in [-0.1, -0.05) is 0 Å². The van der Waals surface area contributed by atoms with Crippen LogP contribution >= 0.6 is 0 Å². The summed E-state index contributed by atoms with van der Waals surface area (Å²) in [6, 6.07) is 3.54. The van der Waals surface area contributed by atoms with Crippen LogP contribution in [0.4, 0.5) is 0 Å². The predicted octanol–water partition coefficient (Wildman–Crippen LogP) is 2.35. The highest BCUT2D eigenvalue weighted by Gasteiger charge is 2.08. The van der Waals surface area contributed by atoms with E-state index >= 15 is 0 Å². The SMILES string of the molecule is O=Cc1cocc1-c1ccco1. The van der Waals surface area contributed by atoms with Crippen molar-refractivity contribution < 1.29 is 13.6 Å². The maximum Gasteiger partial charge on any atom is 0.154 e. The van der Waals surface area contributed by atoms with E-state index in [9.17, 15) is 4.79 Å². The summed E-state index contributed by atoms with van der Waals surface area (Å²) in [6.07, 6.45) is 5.17. The van der Waals surface area contributed by atoms with E-state index in [4.69, 9.17) is 8.83 Å². The molecular weight excluding hydrogens is 156 g/mol. The first-order chi connectivity index (χ1) is 5.92. The second kappa shape index (κ2) is 2.70. The van der Waals surface area contributed by atoms with E-state index < -0.39 is 0 Å². The van der Waals surface area contributed by atoms with Crippen molar-refractivity contribution in [3.05, 3.63) is 36.5 Å². The molecule has 2 rings (SSSR count). The molecule has 0 bridgehead atoms. The first-order valence-electron chi connectivity index (χ1n) is 3.47. The van der Waals surface area contributed by atoms with Crippen LogP contribution in [0.3, 0.4) is 0 Å². The molecule has 3 heteroatoms. The van der Waals surface area contributed by atoms with Crippen LogP contribution in [-0.4, -0.2) is 6.29 Å². The maximum atomic E-state index is 10.5. The minimum Gasteiger partial charge on any atom is -0.471 e. The van der Waals surface area contributed by atoms with Gasteiger partial charge in [0.1, 0.15) is 18.3 Å². The number of aldehydes is 1. The Morgan fingerprint density at radius 3 is 2.92 bits per heavy atom. The highest BCUT2D eigenvalue weighted by molar-refractivity contribution is 5.85. The fraction of sp³-hybridized carbons (Fsp3) is 0. The Kier molecular flexibility index (Phi) is 1.55. The summed E-state index contributed by atoms with van der Waals surface area (Å²) in [5, 5.41) is 0.